The van der Waals surface area contributed by atoms with Gasteiger partial charge in [-0.1, -0.05) is 13.8 Å². The fraction of sp³-hybridized carbons (Fsp3) is 0.818. The van der Waals surface area contributed by atoms with E-state index in [0.717, 1.165) is 6.26 Å². The SMILES string of the molecule is CC(C)C[C@@H](N)C(=O)NC(CCS(C)(=O)=O)C(=O)O. The molecule has 4 N–H and O–H groups in total. The lowest BCUT2D eigenvalue weighted by molar-refractivity contribution is -0.142. The van der Waals surface area contributed by atoms with E-state index in [1.165, 1.54) is 0 Å². The van der Waals surface area contributed by atoms with Gasteiger partial charge in [0.2, 0.25) is 5.91 Å². The van der Waals surface area contributed by atoms with Gasteiger partial charge < -0.3 is 16.2 Å². The van der Waals surface area contributed by atoms with Crippen molar-refractivity contribution < 1.29 is 23.1 Å². The van der Waals surface area contributed by atoms with Crippen molar-refractivity contribution in [3.8, 4) is 0 Å². The second-order valence-electron chi connectivity index (χ2n) is 5.05. The molecule has 0 heterocycles. The Balaban J connectivity index is 4.50. The Labute approximate surface area is 113 Å². The molecule has 0 saturated heterocycles. The van der Waals surface area contributed by atoms with Gasteiger partial charge in [0.25, 0.3) is 0 Å². The predicted molar refractivity (Wildman–Crippen MR) is 71.3 cm³/mol. The van der Waals surface area contributed by atoms with E-state index in [4.69, 9.17) is 10.8 Å². The number of nitrogens with two attached hydrogens (primary N) is 1. The molecule has 0 radical (unpaired) electrons. The minimum absolute atomic E-state index is 0.172. The van der Waals surface area contributed by atoms with Crippen molar-refractivity contribution in [1.82, 2.24) is 5.32 Å². The number of aliphatic carboxylic acids is 1. The van der Waals surface area contributed by atoms with Gasteiger partial charge in [-0.3, -0.25) is 4.79 Å². The molecule has 8 heteroatoms. The van der Waals surface area contributed by atoms with Crippen molar-refractivity contribution in [1.29, 1.82) is 0 Å². The van der Waals surface area contributed by atoms with Gasteiger partial charge in [-0.25, -0.2) is 13.2 Å². The first-order valence-corrected chi connectivity index (χ1v) is 8.05. The standard InChI is InChI=1S/C11H22N2O5S/c1-7(2)6-8(12)10(14)13-9(11(15)16)4-5-19(3,17)18/h7-9H,4-6,12H2,1-3H3,(H,13,14)(H,15,16)/t8-,9?/m1/s1. The molecule has 7 nitrogen and oxygen atoms in total. The predicted octanol–water partition coefficient (Wildman–Crippen LogP) is -0.636. The van der Waals surface area contributed by atoms with Crippen LogP contribution >= 0.6 is 0 Å². The maximum Gasteiger partial charge on any atom is 0.326 e. The van der Waals surface area contributed by atoms with Gasteiger partial charge in [-0.15, -0.1) is 0 Å². The normalized spacial score (nSPS) is 15.0. The third kappa shape index (κ3) is 8.55. The minimum atomic E-state index is -3.27. The Morgan fingerprint density at radius 1 is 1.32 bits per heavy atom. The first kappa shape index (κ1) is 17.8. The van der Waals surface area contributed by atoms with Crippen LogP contribution in [0.5, 0.6) is 0 Å². The smallest absolute Gasteiger partial charge is 0.326 e. The number of hydrogen-bond donors (Lipinski definition) is 3. The van der Waals surface area contributed by atoms with Crippen LogP contribution in [0.2, 0.25) is 0 Å². The number of carbonyl (C=O) groups excluding carboxylic acids is 1. The summed E-state index contributed by atoms with van der Waals surface area (Å²) in [4.78, 5) is 22.6. The van der Waals surface area contributed by atoms with Crippen LogP contribution in [-0.2, 0) is 19.4 Å². The summed E-state index contributed by atoms with van der Waals surface area (Å²) in [6, 6.07) is -2.03. The van der Waals surface area contributed by atoms with E-state index in [2.05, 4.69) is 5.32 Å². The third-order valence-corrected chi connectivity index (χ3v) is 3.43. The van der Waals surface area contributed by atoms with E-state index in [9.17, 15) is 18.0 Å². The Morgan fingerprint density at radius 3 is 2.21 bits per heavy atom. The summed E-state index contributed by atoms with van der Waals surface area (Å²) < 4.78 is 22.0. The van der Waals surface area contributed by atoms with Crippen molar-refractivity contribution in [3.05, 3.63) is 0 Å². The molecule has 0 aliphatic heterocycles. The molecule has 0 rings (SSSR count). The van der Waals surface area contributed by atoms with Gasteiger partial charge in [0.15, 0.2) is 0 Å². The molecule has 1 unspecified atom stereocenters. The number of amides is 1. The van der Waals surface area contributed by atoms with E-state index in [1.54, 1.807) is 0 Å². The van der Waals surface area contributed by atoms with E-state index >= 15 is 0 Å². The molecule has 0 fully saturated rings. The Kier molecular flexibility index (Phi) is 6.99. The first-order valence-electron chi connectivity index (χ1n) is 5.99. The van der Waals surface area contributed by atoms with Crippen LogP contribution in [0.25, 0.3) is 0 Å². The van der Waals surface area contributed by atoms with Gasteiger partial charge in [-0.2, -0.15) is 0 Å². The van der Waals surface area contributed by atoms with Crippen molar-refractivity contribution in [2.75, 3.05) is 12.0 Å². The fourth-order valence-electron chi connectivity index (χ4n) is 1.48. The van der Waals surface area contributed by atoms with E-state index in [-0.39, 0.29) is 18.1 Å². The second-order valence-corrected chi connectivity index (χ2v) is 7.31. The maximum atomic E-state index is 11.7. The number of carboxylic acid groups (broad SMARTS) is 1. The molecule has 0 aliphatic rings. The monoisotopic (exact) mass is 294 g/mol. The quantitative estimate of drug-likeness (QED) is 0.547. The summed E-state index contributed by atoms with van der Waals surface area (Å²) in [5, 5.41) is 11.2. The van der Waals surface area contributed by atoms with E-state index in [1.807, 2.05) is 13.8 Å². The van der Waals surface area contributed by atoms with E-state index < -0.39 is 33.8 Å². The zero-order valence-corrected chi connectivity index (χ0v) is 12.2. The molecule has 19 heavy (non-hydrogen) atoms. The second kappa shape index (κ2) is 7.44. The number of nitrogens with one attached hydrogen (secondary N) is 1. The third-order valence-electron chi connectivity index (χ3n) is 2.45. The molecule has 2 atom stereocenters. The number of rotatable bonds is 8. The number of carbonyl (C=O) groups is 2. The Bertz CT molecular complexity index is 419. The van der Waals surface area contributed by atoms with Crippen LogP contribution in [0.3, 0.4) is 0 Å². The van der Waals surface area contributed by atoms with Crippen molar-refractivity contribution in [2.45, 2.75) is 38.8 Å². The Hall–Kier alpha value is -1.15. The number of hydrogen-bond acceptors (Lipinski definition) is 5. The molecule has 0 aliphatic carbocycles. The summed E-state index contributed by atoms with van der Waals surface area (Å²) in [6.07, 6.45) is 1.27. The topological polar surface area (TPSA) is 127 Å². The fourth-order valence-corrected chi connectivity index (χ4v) is 2.15. The average molecular weight is 294 g/mol. The van der Waals surface area contributed by atoms with Crippen LogP contribution in [0, 0.1) is 5.92 Å². The molecule has 0 spiro atoms. The van der Waals surface area contributed by atoms with Crippen LogP contribution in [0.1, 0.15) is 26.7 Å². The molecule has 0 aromatic heterocycles. The average Bonchev–Trinajstić information content (AvgIpc) is 2.20. The molecule has 0 aromatic rings. The zero-order valence-electron chi connectivity index (χ0n) is 11.4. The molecule has 0 saturated carbocycles. The number of carboxylic acids is 1. The first-order chi connectivity index (χ1) is 8.53. The maximum absolute atomic E-state index is 11.7. The zero-order chi connectivity index (χ0) is 15.2. The van der Waals surface area contributed by atoms with Gasteiger partial charge in [-0.05, 0) is 18.8 Å². The van der Waals surface area contributed by atoms with Crippen LogP contribution in [0.15, 0.2) is 0 Å². The highest BCUT2D eigenvalue weighted by Crippen LogP contribution is 2.04. The molecular weight excluding hydrogens is 272 g/mol. The van der Waals surface area contributed by atoms with Crippen LogP contribution < -0.4 is 11.1 Å². The lowest BCUT2D eigenvalue weighted by Gasteiger charge is -2.18. The van der Waals surface area contributed by atoms with Gasteiger partial charge >= 0.3 is 5.97 Å². The highest BCUT2D eigenvalue weighted by atomic mass is 32.2. The van der Waals surface area contributed by atoms with Gasteiger partial charge in [0.1, 0.15) is 15.9 Å². The van der Waals surface area contributed by atoms with Crippen LogP contribution in [-0.4, -0.2) is 49.5 Å². The number of sulfone groups is 1. The molecular formula is C11H22N2O5S. The highest BCUT2D eigenvalue weighted by Gasteiger charge is 2.24. The lowest BCUT2D eigenvalue weighted by atomic mass is 10.0. The summed E-state index contributed by atoms with van der Waals surface area (Å²) in [5.74, 6) is -1.94. The van der Waals surface area contributed by atoms with Crippen molar-refractivity contribution in [2.24, 2.45) is 11.7 Å². The summed E-state index contributed by atoms with van der Waals surface area (Å²) >= 11 is 0. The van der Waals surface area contributed by atoms with Crippen molar-refractivity contribution >= 4 is 21.7 Å². The summed E-state index contributed by atoms with van der Waals surface area (Å²) in [7, 11) is -3.27. The minimum Gasteiger partial charge on any atom is -0.480 e. The molecule has 112 valence electrons. The molecule has 0 aromatic carbocycles. The summed E-state index contributed by atoms with van der Waals surface area (Å²) in [6.45, 7) is 3.79. The highest BCUT2D eigenvalue weighted by molar-refractivity contribution is 7.90. The lowest BCUT2D eigenvalue weighted by Crippen LogP contribution is -2.49. The molecule has 0 bridgehead atoms. The summed E-state index contributed by atoms with van der Waals surface area (Å²) in [5.41, 5.74) is 5.63. The van der Waals surface area contributed by atoms with Crippen molar-refractivity contribution in [3.63, 3.8) is 0 Å². The van der Waals surface area contributed by atoms with Gasteiger partial charge in [0, 0.05) is 6.26 Å². The Morgan fingerprint density at radius 2 is 1.84 bits per heavy atom. The van der Waals surface area contributed by atoms with Crippen LogP contribution in [0.4, 0.5) is 0 Å². The molecule has 1 amide bonds. The van der Waals surface area contributed by atoms with E-state index in [0.29, 0.717) is 6.42 Å². The van der Waals surface area contributed by atoms with Gasteiger partial charge in [0.05, 0.1) is 11.8 Å². The largest absolute Gasteiger partial charge is 0.480 e.